The Morgan fingerprint density at radius 1 is 1.21 bits per heavy atom. The number of hydrogen-bond acceptors (Lipinski definition) is 8. The molecule has 7 nitrogen and oxygen atoms in total. The summed E-state index contributed by atoms with van der Waals surface area (Å²) in [7, 11) is 1.56. The number of hydrogen-bond donors (Lipinski definition) is 0. The van der Waals surface area contributed by atoms with Gasteiger partial charge in [-0.1, -0.05) is 59.5 Å². The van der Waals surface area contributed by atoms with Crippen molar-refractivity contribution in [3.63, 3.8) is 0 Å². The fourth-order valence-corrected chi connectivity index (χ4v) is 6.59. The van der Waals surface area contributed by atoms with Crippen molar-refractivity contribution < 1.29 is 18.7 Å². The minimum atomic E-state index is -0.754. The summed E-state index contributed by atoms with van der Waals surface area (Å²) in [5.74, 6) is 0.563. The van der Waals surface area contributed by atoms with Gasteiger partial charge in [0.05, 0.1) is 34.0 Å². The molecule has 0 radical (unpaired) electrons. The molecule has 2 aromatic carbocycles. The first-order valence-corrected chi connectivity index (χ1v) is 14.2. The molecule has 0 unspecified atom stereocenters. The highest BCUT2D eigenvalue weighted by molar-refractivity contribution is 9.10. The van der Waals surface area contributed by atoms with E-state index in [4.69, 9.17) is 13.9 Å². The molecule has 38 heavy (non-hydrogen) atoms. The lowest BCUT2D eigenvalue weighted by molar-refractivity contribution is -0.139. The van der Waals surface area contributed by atoms with Crippen molar-refractivity contribution in [1.82, 2.24) is 4.57 Å². The lowest BCUT2D eigenvalue weighted by atomic mass is 9.95. The van der Waals surface area contributed by atoms with Gasteiger partial charge >= 0.3 is 5.97 Å². The summed E-state index contributed by atoms with van der Waals surface area (Å²) in [6.45, 7) is 3.70. The fourth-order valence-electron chi connectivity index (χ4n) is 4.21. The number of nitrogens with zero attached hydrogens (tertiary/aromatic N) is 2. The largest absolute Gasteiger partial charge is 0.496 e. The predicted molar refractivity (Wildman–Crippen MR) is 150 cm³/mol. The van der Waals surface area contributed by atoms with Gasteiger partial charge in [-0.25, -0.2) is 9.79 Å². The third-order valence-electron chi connectivity index (χ3n) is 5.85. The average molecular weight is 612 g/mol. The zero-order chi connectivity index (χ0) is 26.8. The van der Waals surface area contributed by atoms with Gasteiger partial charge in [0.2, 0.25) is 0 Å². The van der Waals surface area contributed by atoms with E-state index < -0.39 is 12.0 Å². The number of methoxy groups -OCH3 is 1. The van der Waals surface area contributed by atoms with Crippen LogP contribution in [0.1, 0.15) is 31.2 Å². The summed E-state index contributed by atoms with van der Waals surface area (Å²) in [6, 6.07) is 18.3. The van der Waals surface area contributed by atoms with Crippen LogP contribution in [0.3, 0.4) is 0 Å². The number of para-hydroxylation sites is 1. The molecular weight excluding hydrogens is 588 g/mol. The number of aromatic nitrogens is 1. The van der Waals surface area contributed by atoms with Crippen LogP contribution in [-0.4, -0.2) is 24.3 Å². The molecular formula is C28H23BrN2O5S2. The molecule has 3 heterocycles. The highest BCUT2D eigenvalue weighted by Crippen LogP contribution is 2.37. The first-order valence-electron chi connectivity index (χ1n) is 11.8. The number of fused-ring (bicyclic) bond motifs is 1. The first-order chi connectivity index (χ1) is 18.4. The second-order valence-electron chi connectivity index (χ2n) is 8.24. The topological polar surface area (TPSA) is 83.0 Å². The number of carbonyl (C=O) groups is 1. The van der Waals surface area contributed by atoms with Crippen molar-refractivity contribution in [2.75, 3.05) is 13.7 Å². The van der Waals surface area contributed by atoms with Crippen LogP contribution in [0.25, 0.3) is 6.08 Å². The summed E-state index contributed by atoms with van der Waals surface area (Å²) < 4.78 is 19.8. The van der Waals surface area contributed by atoms with Gasteiger partial charge in [0.25, 0.3) is 5.56 Å². The Morgan fingerprint density at radius 3 is 2.68 bits per heavy atom. The molecule has 0 bridgehead atoms. The van der Waals surface area contributed by atoms with E-state index in [1.165, 1.54) is 27.7 Å². The first kappa shape index (κ1) is 26.3. The summed E-state index contributed by atoms with van der Waals surface area (Å²) >= 11 is 6.28. The Kier molecular flexibility index (Phi) is 7.73. The third kappa shape index (κ3) is 5.03. The lowest BCUT2D eigenvalue weighted by Gasteiger charge is -2.25. The Morgan fingerprint density at radius 2 is 1.95 bits per heavy atom. The molecule has 0 N–H and O–H groups in total. The number of carbonyl (C=O) groups excluding carboxylic acids is 1. The number of halogens is 1. The molecule has 10 heteroatoms. The number of allylic oxidation sites excluding steroid dienone is 1. The van der Waals surface area contributed by atoms with Gasteiger partial charge in [-0.05, 0) is 54.0 Å². The Labute approximate surface area is 235 Å². The van der Waals surface area contributed by atoms with Gasteiger partial charge in [0, 0.05) is 16.5 Å². The van der Waals surface area contributed by atoms with Gasteiger partial charge in [-0.2, -0.15) is 0 Å². The van der Waals surface area contributed by atoms with Crippen molar-refractivity contribution in [2.24, 2.45) is 4.99 Å². The van der Waals surface area contributed by atoms with E-state index in [0.717, 1.165) is 9.37 Å². The Bertz CT molecular complexity index is 1720. The van der Waals surface area contributed by atoms with E-state index >= 15 is 0 Å². The fraction of sp³-hybridized carbons (Fsp3) is 0.179. The van der Waals surface area contributed by atoms with Crippen LogP contribution < -0.4 is 19.6 Å². The third-order valence-corrected chi connectivity index (χ3v) is 8.68. The minimum Gasteiger partial charge on any atom is -0.496 e. The van der Waals surface area contributed by atoms with Crippen LogP contribution in [0.15, 0.2) is 101 Å². The van der Waals surface area contributed by atoms with Gasteiger partial charge in [0.1, 0.15) is 17.6 Å². The number of rotatable bonds is 7. The van der Waals surface area contributed by atoms with E-state index in [2.05, 4.69) is 20.9 Å². The molecule has 0 spiro atoms. The maximum Gasteiger partial charge on any atom is 0.338 e. The minimum absolute atomic E-state index is 0.204. The number of ether oxygens (including phenoxy) is 2. The molecule has 1 aliphatic rings. The van der Waals surface area contributed by atoms with Crippen LogP contribution in [0.5, 0.6) is 5.75 Å². The highest BCUT2D eigenvalue weighted by Gasteiger charge is 2.35. The van der Waals surface area contributed by atoms with Gasteiger partial charge in [-0.3, -0.25) is 9.36 Å². The lowest BCUT2D eigenvalue weighted by Crippen LogP contribution is -2.40. The smallest absolute Gasteiger partial charge is 0.338 e. The van der Waals surface area contributed by atoms with E-state index in [1.807, 2.05) is 54.6 Å². The number of thiazole rings is 1. The summed E-state index contributed by atoms with van der Waals surface area (Å²) in [6.07, 6.45) is 1.70. The molecule has 1 aliphatic heterocycles. The molecule has 0 aliphatic carbocycles. The summed E-state index contributed by atoms with van der Waals surface area (Å²) in [4.78, 5) is 33.0. The van der Waals surface area contributed by atoms with Gasteiger partial charge < -0.3 is 13.9 Å². The van der Waals surface area contributed by atoms with Gasteiger partial charge in [-0.15, -0.1) is 0 Å². The molecule has 0 fully saturated rings. The van der Waals surface area contributed by atoms with Gasteiger partial charge in [0.15, 0.2) is 9.89 Å². The van der Waals surface area contributed by atoms with E-state index in [-0.39, 0.29) is 12.2 Å². The second-order valence-corrected chi connectivity index (χ2v) is 11.2. The molecule has 0 amide bonds. The standard InChI is InChI=1S/C28H23BrN2O5S2/c1-4-35-26(33)23-16(2)30-28-31(24(23)19-12-8-9-13-21(19)34-3)25(32)22(38-28)15-17-14-20(29)27(36-17)37-18-10-6-5-7-11-18/h5-15,24H,4H2,1-3H3/b22-15+/t24-/m0/s1. The van der Waals surface area contributed by atoms with Crippen LogP contribution in [0.2, 0.25) is 0 Å². The summed E-state index contributed by atoms with van der Waals surface area (Å²) in [5, 5.41) is 0.683. The van der Waals surface area contributed by atoms with E-state index in [1.54, 1.807) is 33.1 Å². The molecule has 0 saturated heterocycles. The van der Waals surface area contributed by atoms with Crippen LogP contribution in [0, 0.1) is 0 Å². The van der Waals surface area contributed by atoms with Crippen LogP contribution >= 0.6 is 39.0 Å². The number of esters is 1. The summed E-state index contributed by atoms with van der Waals surface area (Å²) in [5.41, 5.74) is 1.18. The zero-order valence-corrected chi connectivity index (χ0v) is 24.0. The predicted octanol–water partition coefficient (Wildman–Crippen LogP) is 5.31. The molecule has 0 saturated carbocycles. The molecule has 194 valence electrons. The Balaban J connectivity index is 1.64. The van der Waals surface area contributed by atoms with Crippen molar-refractivity contribution in [1.29, 1.82) is 0 Å². The number of furan rings is 1. The quantitative estimate of drug-likeness (QED) is 0.264. The molecule has 1 atom stereocenters. The molecule has 5 rings (SSSR count). The van der Waals surface area contributed by atoms with Crippen LogP contribution in [0.4, 0.5) is 0 Å². The zero-order valence-electron chi connectivity index (χ0n) is 20.8. The monoisotopic (exact) mass is 610 g/mol. The molecule has 2 aromatic heterocycles. The van der Waals surface area contributed by atoms with Crippen molar-refractivity contribution in [2.45, 2.75) is 29.9 Å². The number of benzene rings is 2. The Hall–Kier alpha value is -3.34. The van der Waals surface area contributed by atoms with E-state index in [0.29, 0.717) is 42.8 Å². The van der Waals surface area contributed by atoms with Crippen molar-refractivity contribution >= 4 is 51.1 Å². The van der Waals surface area contributed by atoms with Crippen molar-refractivity contribution in [3.05, 3.63) is 107 Å². The maximum atomic E-state index is 13.8. The van der Waals surface area contributed by atoms with Crippen LogP contribution in [-0.2, 0) is 9.53 Å². The molecule has 4 aromatic rings. The van der Waals surface area contributed by atoms with E-state index in [9.17, 15) is 9.59 Å². The normalized spacial score (nSPS) is 15.3. The van der Waals surface area contributed by atoms with Crippen molar-refractivity contribution in [3.8, 4) is 5.75 Å². The maximum absolute atomic E-state index is 13.8. The average Bonchev–Trinajstić information content (AvgIpc) is 3.41. The SMILES string of the molecule is CCOC(=O)C1=C(C)N=c2s/c(=C/c3cc(Br)c(Sc4ccccc4)o3)c(=O)n2[C@H]1c1ccccc1OC. The second kappa shape index (κ2) is 11.2. The highest BCUT2D eigenvalue weighted by atomic mass is 79.9.